The number of nitrogens with one attached hydrogen (secondary N) is 1. The summed E-state index contributed by atoms with van der Waals surface area (Å²) in [5.41, 5.74) is -0.183. The molecule has 1 aromatic rings. The summed E-state index contributed by atoms with van der Waals surface area (Å²) in [6.07, 6.45) is 4.81. The van der Waals surface area contributed by atoms with Gasteiger partial charge in [-0.15, -0.1) is 0 Å². The molecule has 76 valence electrons. The number of rotatable bonds is 3. The lowest BCUT2D eigenvalue weighted by Crippen LogP contribution is -2.48. The van der Waals surface area contributed by atoms with Gasteiger partial charge in [0.15, 0.2) is 0 Å². The van der Waals surface area contributed by atoms with Crippen LogP contribution in [0.15, 0.2) is 18.3 Å². The maximum atomic E-state index is 9.26. The SMILES string of the molecule is OCC1(Nc2ncccc2Cl)CCC1. The third-order valence-electron chi connectivity index (χ3n) is 2.76. The zero-order valence-corrected chi connectivity index (χ0v) is 8.59. The van der Waals surface area contributed by atoms with Gasteiger partial charge in [-0.05, 0) is 31.4 Å². The molecule has 0 unspecified atom stereocenters. The van der Waals surface area contributed by atoms with E-state index in [9.17, 15) is 5.11 Å². The number of nitrogens with zero attached hydrogens (tertiary/aromatic N) is 1. The molecule has 0 aliphatic heterocycles. The lowest BCUT2D eigenvalue weighted by molar-refractivity contribution is 0.144. The van der Waals surface area contributed by atoms with Crippen molar-refractivity contribution in [2.45, 2.75) is 24.8 Å². The van der Waals surface area contributed by atoms with Crippen LogP contribution in [0.2, 0.25) is 5.02 Å². The molecule has 2 rings (SSSR count). The molecule has 0 atom stereocenters. The van der Waals surface area contributed by atoms with Gasteiger partial charge in [0.2, 0.25) is 0 Å². The van der Waals surface area contributed by atoms with Gasteiger partial charge in [-0.2, -0.15) is 0 Å². The minimum Gasteiger partial charge on any atom is -0.394 e. The summed E-state index contributed by atoms with van der Waals surface area (Å²) >= 11 is 5.96. The average molecular weight is 213 g/mol. The molecule has 0 bridgehead atoms. The highest BCUT2D eigenvalue weighted by molar-refractivity contribution is 6.32. The Kier molecular flexibility index (Phi) is 2.61. The van der Waals surface area contributed by atoms with Crippen molar-refractivity contribution < 1.29 is 5.11 Å². The van der Waals surface area contributed by atoms with Crippen molar-refractivity contribution in [1.29, 1.82) is 0 Å². The number of aliphatic hydroxyl groups excluding tert-OH is 1. The molecule has 1 aliphatic rings. The van der Waals surface area contributed by atoms with Crippen LogP contribution in [0.1, 0.15) is 19.3 Å². The highest BCUT2D eigenvalue weighted by atomic mass is 35.5. The predicted octanol–water partition coefficient (Wildman–Crippen LogP) is 2.06. The minimum atomic E-state index is -0.183. The lowest BCUT2D eigenvalue weighted by Gasteiger charge is -2.41. The van der Waals surface area contributed by atoms with Crippen LogP contribution in [0.3, 0.4) is 0 Å². The average Bonchev–Trinajstić information content (AvgIpc) is 2.14. The van der Waals surface area contributed by atoms with Gasteiger partial charge < -0.3 is 10.4 Å². The van der Waals surface area contributed by atoms with Crippen molar-refractivity contribution in [3.63, 3.8) is 0 Å². The molecule has 2 N–H and O–H groups in total. The van der Waals surface area contributed by atoms with Gasteiger partial charge in [0.05, 0.1) is 17.2 Å². The number of aliphatic hydroxyl groups is 1. The van der Waals surface area contributed by atoms with Crippen LogP contribution in [-0.2, 0) is 0 Å². The zero-order chi connectivity index (χ0) is 10.0. The molecule has 3 nitrogen and oxygen atoms in total. The van der Waals surface area contributed by atoms with E-state index in [1.807, 2.05) is 0 Å². The second-order valence-electron chi connectivity index (χ2n) is 3.75. The summed E-state index contributed by atoms with van der Waals surface area (Å²) in [5, 5.41) is 13.1. The molecule has 1 fully saturated rings. The van der Waals surface area contributed by atoms with E-state index in [4.69, 9.17) is 11.6 Å². The van der Waals surface area contributed by atoms with E-state index in [-0.39, 0.29) is 12.1 Å². The summed E-state index contributed by atoms with van der Waals surface area (Å²) in [6.45, 7) is 0.139. The number of anilines is 1. The summed E-state index contributed by atoms with van der Waals surface area (Å²) < 4.78 is 0. The fourth-order valence-electron chi connectivity index (χ4n) is 1.66. The van der Waals surface area contributed by atoms with Crippen molar-refractivity contribution in [2.75, 3.05) is 11.9 Å². The van der Waals surface area contributed by atoms with Gasteiger partial charge in [-0.3, -0.25) is 0 Å². The van der Waals surface area contributed by atoms with Crippen LogP contribution in [0.5, 0.6) is 0 Å². The topological polar surface area (TPSA) is 45.1 Å². The Morgan fingerprint density at radius 3 is 2.86 bits per heavy atom. The number of aromatic nitrogens is 1. The Balaban J connectivity index is 2.13. The molecular formula is C10H13ClN2O. The van der Waals surface area contributed by atoms with Crippen LogP contribution in [-0.4, -0.2) is 22.2 Å². The maximum absolute atomic E-state index is 9.26. The Morgan fingerprint density at radius 2 is 2.36 bits per heavy atom. The molecule has 1 aliphatic carbocycles. The van der Waals surface area contributed by atoms with Gasteiger partial charge >= 0.3 is 0 Å². The second kappa shape index (κ2) is 3.75. The monoisotopic (exact) mass is 212 g/mol. The normalized spacial score (nSPS) is 18.7. The fourth-order valence-corrected chi connectivity index (χ4v) is 1.82. The van der Waals surface area contributed by atoms with E-state index in [0.29, 0.717) is 10.8 Å². The van der Waals surface area contributed by atoms with Gasteiger partial charge in [-0.1, -0.05) is 11.6 Å². The second-order valence-corrected chi connectivity index (χ2v) is 4.16. The molecule has 14 heavy (non-hydrogen) atoms. The number of hydrogen-bond donors (Lipinski definition) is 2. The molecular weight excluding hydrogens is 200 g/mol. The Labute approximate surface area is 88.1 Å². The Morgan fingerprint density at radius 1 is 1.57 bits per heavy atom. The van der Waals surface area contributed by atoms with Crippen LogP contribution < -0.4 is 5.32 Å². The van der Waals surface area contributed by atoms with Crippen LogP contribution in [0, 0.1) is 0 Å². The lowest BCUT2D eigenvalue weighted by atomic mass is 9.77. The van der Waals surface area contributed by atoms with E-state index in [0.717, 1.165) is 19.3 Å². The molecule has 0 amide bonds. The van der Waals surface area contributed by atoms with Gasteiger partial charge in [0.25, 0.3) is 0 Å². The molecule has 4 heteroatoms. The number of halogens is 1. The van der Waals surface area contributed by atoms with Crippen molar-refractivity contribution in [3.8, 4) is 0 Å². The third kappa shape index (κ3) is 1.70. The highest BCUT2D eigenvalue weighted by Crippen LogP contribution is 2.35. The third-order valence-corrected chi connectivity index (χ3v) is 3.06. The summed E-state index contributed by atoms with van der Waals surface area (Å²) in [4.78, 5) is 4.14. The minimum absolute atomic E-state index is 0.139. The van der Waals surface area contributed by atoms with Crippen molar-refractivity contribution >= 4 is 17.4 Å². The first kappa shape index (κ1) is 9.74. The maximum Gasteiger partial charge on any atom is 0.145 e. The van der Waals surface area contributed by atoms with Gasteiger partial charge in [-0.25, -0.2) is 4.98 Å². The molecule has 0 saturated heterocycles. The molecule has 0 aromatic carbocycles. The molecule has 1 aromatic heterocycles. The molecule has 0 spiro atoms. The van der Waals surface area contributed by atoms with Crippen molar-refractivity contribution in [2.24, 2.45) is 0 Å². The van der Waals surface area contributed by atoms with Gasteiger partial charge in [0, 0.05) is 6.20 Å². The quantitative estimate of drug-likeness (QED) is 0.806. The standard InChI is InChI=1S/C10H13ClN2O/c11-8-3-1-6-12-9(8)13-10(7-14)4-2-5-10/h1,3,6,14H,2,4-5,7H2,(H,12,13). The molecule has 1 saturated carbocycles. The van der Waals surface area contributed by atoms with Crippen LogP contribution >= 0.6 is 11.6 Å². The summed E-state index contributed by atoms with van der Waals surface area (Å²) in [5.74, 6) is 0.669. The van der Waals surface area contributed by atoms with E-state index in [2.05, 4.69) is 10.3 Å². The van der Waals surface area contributed by atoms with Crippen molar-refractivity contribution in [3.05, 3.63) is 23.4 Å². The number of hydrogen-bond acceptors (Lipinski definition) is 3. The van der Waals surface area contributed by atoms with Gasteiger partial charge in [0.1, 0.15) is 5.82 Å². The Hall–Kier alpha value is -0.800. The summed E-state index contributed by atoms with van der Waals surface area (Å²) in [7, 11) is 0. The van der Waals surface area contributed by atoms with Crippen molar-refractivity contribution in [1.82, 2.24) is 4.98 Å². The van der Waals surface area contributed by atoms with E-state index in [1.165, 1.54) is 0 Å². The number of pyridine rings is 1. The van der Waals surface area contributed by atoms with Crippen LogP contribution in [0.4, 0.5) is 5.82 Å². The fraction of sp³-hybridized carbons (Fsp3) is 0.500. The largest absolute Gasteiger partial charge is 0.394 e. The summed E-state index contributed by atoms with van der Waals surface area (Å²) in [6, 6.07) is 3.58. The zero-order valence-electron chi connectivity index (χ0n) is 7.83. The predicted molar refractivity (Wildman–Crippen MR) is 56.5 cm³/mol. The first-order valence-electron chi connectivity index (χ1n) is 4.75. The molecule has 0 radical (unpaired) electrons. The smallest absolute Gasteiger partial charge is 0.145 e. The first-order chi connectivity index (χ1) is 6.76. The van der Waals surface area contributed by atoms with E-state index < -0.39 is 0 Å². The van der Waals surface area contributed by atoms with Crippen LogP contribution in [0.25, 0.3) is 0 Å². The Bertz CT molecular complexity index is 320. The molecule has 1 heterocycles. The first-order valence-corrected chi connectivity index (χ1v) is 5.13. The van der Waals surface area contributed by atoms with E-state index in [1.54, 1.807) is 18.3 Å². The van der Waals surface area contributed by atoms with E-state index >= 15 is 0 Å². The highest BCUT2D eigenvalue weighted by Gasteiger charge is 2.36.